The molecular formula is C20H17ClO5. The highest BCUT2D eigenvalue weighted by atomic mass is 35.5. The van der Waals surface area contributed by atoms with Gasteiger partial charge in [-0.15, -0.1) is 0 Å². The Labute approximate surface area is 156 Å². The number of esters is 1. The molecule has 2 aromatic rings. The summed E-state index contributed by atoms with van der Waals surface area (Å²) in [6, 6.07) is 10.5. The Kier molecular flexibility index (Phi) is 5.28. The van der Waals surface area contributed by atoms with Crippen molar-refractivity contribution in [3.05, 3.63) is 64.2 Å². The first-order chi connectivity index (χ1) is 12.4. The molecule has 0 saturated heterocycles. The first-order valence-corrected chi connectivity index (χ1v) is 8.40. The third kappa shape index (κ3) is 4.06. The van der Waals surface area contributed by atoms with Crippen molar-refractivity contribution in [3.8, 4) is 11.5 Å². The second-order valence-corrected chi connectivity index (χ2v) is 6.29. The summed E-state index contributed by atoms with van der Waals surface area (Å²) >= 11 is 6.10. The predicted octanol–water partition coefficient (Wildman–Crippen LogP) is 4.20. The van der Waals surface area contributed by atoms with Crippen molar-refractivity contribution >= 4 is 29.4 Å². The average molecular weight is 373 g/mol. The minimum atomic E-state index is -0.879. The van der Waals surface area contributed by atoms with Crippen LogP contribution in [0.1, 0.15) is 28.4 Å². The number of benzene rings is 2. The molecule has 6 heteroatoms. The Hall–Kier alpha value is -2.79. The molecule has 1 aliphatic heterocycles. The van der Waals surface area contributed by atoms with Gasteiger partial charge in [-0.25, -0.2) is 4.79 Å². The molecule has 0 saturated carbocycles. The molecule has 134 valence electrons. The number of aryl methyl sites for hydroxylation is 1. The molecular weight excluding hydrogens is 356 g/mol. The van der Waals surface area contributed by atoms with Crippen molar-refractivity contribution in [1.82, 2.24) is 0 Å². The largest absolute Gasteiger partial charge is 0.454 e. The Morgan fingerprint density at radius 1 is 1.19 bits per heavy atom. The monoisotopic (exact) mass is 372 g/mol. The van der Waals surface area contributed by atoms with Crippen LogP contribution in [-0.4, -0.2) is 24.6 Å². The van der Waals surface area contributed by atoms with E-state index < -0.39 is 12.1 Å². The summed E-state index contributed by atoms with van der Waals surface area (Å²) in [5, 5.41) is 0.399. The van der Waals surface area contributed by atoms with Crippen LogP contribution in [-0.2, 0) is 9.53 Å². The van der Waals surface area contributed by atoms with E-state index in [1.807, 2.05) is 19.1 Å². The van der Waals surface area contributed by atoms with Crippen molar-refractivity contribution in [2.24, 2.45) is 0 Å². The molecule has 1 aliphatic rings. The summed E-state index contributed by atoms with van der Waals surface area (Å²) in [6.07, 6.45) is 1.90. The molecule has 0 fully saturated rings. The SMILES string of the molecule is Cc1ccc(C(=O)[C@@H](C)OC(=O)/C=C/c2cc(Cl)c3c(c2)OCO3)cc1. The summed E-state index contributed by atoms with van der Waals surface area (Å²) in [7, 11) is 0. The number of ketones is 1. The topological polar surface area (TPSA) is 61.8 Å². The second-order valence-electron chi connectivity index (χ2n) is 5.88. The van der Waals surface area contributed by atoms with Gasteiger partial charge in [0.15, 0.2) is 17.6 Å². The third-order valence-electron chi connectivity index (χ3n) is 3.86. The van der Waals surface area contributed by atoms with Crippen molar-refractivity contribution < 1.29 is 23.8 Å². The van der Waals surface area contributed by atoms with Crippen molar-refractivity contribution in [2.45, 2.75) is 20.0 Å². The summed E-state index contributed by atoms with van der Waals surface area (Å²) in [5.41, 5.74) is 2.22. The lowest BCUT2D eigenvalue weighted by Crippen LogP contribution is -2.23. The number of hydrogen-bond acceptors (Lipinski definition) is 5. The Morgan fingerprint density at radius 2 is 1.92 bits per heavy atom. The van der Waals surface area contributed by atoms with Crippen molar-refractivity contribution in [3.63, 3.8) is 0 Å². The highest BCUT2D eigenvalue weighted by Gasteiger charge is 2.19. The summed E-state index contributed by atoms with van der Waals surface area (Å²) < 4.78 is 15.7. The zero-order chi connectivity index (χ0) is 18.7. The Balaban J connectivity index is 1.63. The van der Waals surface area contributed by atoms with Crippen molar-refractivity contribution in [2.75, 3.05) is 6.79 Å². The van der Waals surface area contributed by atoms with Gasteiger partial charge in [0.2, 0.25) is 12.6 Å². The molecule has 2 aromatic carbocycles. The highest BCUT2D eigenvalue weighted by Crippen LogP contribution is 2.40. The maximum atomic E-state index is 12.3. The Bertz CT molecular complexity index is 871. The van der Waals surface area contributed by atoms with E-state index >= 15 is 0 Å². The summed E-state index contributed by atoms with van der Waals surface area (Å²) in [4.78, 5) is 24.3. The number of carbonyl (C=O) groups is 2. The number of ether oxygens (including phenoxy) is 3. The average Bonchev–Trinajstić information content (AvgIpc) is 3.09. The van der Waals surface area contributed by atoms with E-state index in [4.69, 9.17) is 25.8 Å². The molecule has 0 unspecified atom stereocenters. The van der Waals surface area contributed by atoms with E-state index in [1.165, 1.54) is 6.08 Å². The molecule has 26 heavy (non-hydrogen) atoms. The molecule has 0 spiro atoms. The normalized spacial score (nSPS) is 13.7. The molecule has 3 rings (SSSR count). The van der Waals surface area contributed by atoms with E-state index in [-0.39, 0.29) is 12.6 Å². The molecule has 0 amide bonds. The number of halogens is 1. The Morgan fingerprint density at radius 3 is 2.65 bits per heavy atom. The van der Waals surface area contributed by atoms with Gasteiger partial charge in [-0.2, -0.15) is 0 Å². The summed E-state index contributed by atoms with van der Waals surface area (Å²) in [5.74, 6) is 0.141. The number of carbonyl (C=O) groups excluding carboxylic acids is 2. The molecule has 1 heterocycles. The lowest BCUT2D eigenvalue weighted by atomic mass is 10.1. The fourth-order valence-electron chi connectivity index (χ4n) is 2.47. The quantitative estimate of drug-likeness (QED) is 0.447. The van der Waals surface area contributed by atoms with Gasteiger partial charge in [-0.05, 0) is 37.6 Å². The fraction of sp³-hybridized carbons (Fsp3) is 0.200. The van der Waals surface area contributed by atoms with E-state index in [0.717, 1.165) is 5.56 Å². The van der Waals surface area contributed by atoms with Crippen molar-refractivity contribution in [1.29, 1.82) is 0 Å². The van der Waals surface area contributed by atoms with Gasteiger partial charge in [0.05, 0.1) is 5.02 Å². The van der Waals surface area contributed by atoms with E-state index in [2.05, 4.69) is 0 Å². The molecule has 0 N–H and O–H groups in total. The smallest absolute Gasteiger partial charge is 0.331 e. The van der Waals surface area contributed by atoms with E-state index in [0.29, 0.717) is 27.6 Å². The third-order valence-corrected chi connectivity index (χ3v) is 4.14. The van der Waals surface area contributed by atoms with Crippen LogP contribution in [0.3, 0.4) is 0 Å². The zero-order valence-electron chi connectivity index (χ0n) is 14.3. The molecule has 0 aromatic heterocycles. The van der Waals surface area contributed by atoms with Crippen LogP contribution >= 0.6 is 11.6 Å². The summed E-state index contributed by atoms with van der Waals surface area (Å²) in [6.45, 7) is 3.60. The number of rotatable bonds is 5. The minimum Gasteiger partial charge on any atom is -0.454 e. The molecule has 0 radical (unpaired) electrons. The van der Waals surface area contributed by atoms with Crippen LogP contribution in [0, 0.1) is 6.92 Å². The minimum absolute atomic E-state index is 0.114. The lowest BCUT2D eigenvalue weighted by molar-refractivity contribution is -0.140. The lowest BCUT2D eigenvalue weighted by Gasteiger charge is -2.11. The van der Waals surface area contributed by atoms with Gasteiger partial charge in [0, 0.05) is 11.6 Å². The van der Waals surface area contributed by atoms with Crippen LogP contribution < -0.4 is 9.47 Å². The maximum absolute atomic E-state index is 12.3. The van der Waals surface area contributed by atoms with Gasteiger partial charge in [0.25, 0.3) is 0 Å². The van der Waals surface area contributed by atoms with Gasteiger partial charge < -0.3 is 14.2 Å². The van der Waals surface area contributed by atoms with Crippen LogP contribution in [0.2, 0.25) is 5.02 Å². The highest BCUT2D eigenvalue weighted by molar-refractivity contribution is 6.32. The predicted molar refractivity (Wildman–Crippen MR) is 97.7 cm³/mol. The maximum Gasteiger partial charge on any atom is 0.331 e. The van der Waals surface area contributed by atoms with E-state index in [1.54, 1.807) is 37.3 Å². The van der Waals surface area contributed by atoms with Crippen LogP contribution in [0.25, 0.3) is 6.08 Å². The second kappa shape index (κ2) is 7.62. The van der Waals surface area contributed by atoms with Crippen LogP contribution in [0.15, 0.2) is 42.5 Å². The van der Waals surface area contributed by atoms with E-state index in [9.17, 15) is 9.59 Å². The van der Waals surface area contributed by atoms with Gasteiger partial charge in [0.1, 0.15) is 0 Å². The standard InChI is InChI=1S/C20H17ClO5/c1-12-3-6-15(7-4-12)19(23)13(2)26-18(22)8-5-14-9-16(21)20-17(10-14)24-11-25-20/h3-10,13H,11H2,1-2H3/b8-5+/t13-/m1/s1. The molecule has 5 nitrogen and oxygen atoms in total. The molecule has 0 aliphatic carbocycles. The number of Topliss-reactive ketones (excluding diaryl/α,β-unsaturated/α-hetero) is 1. The number of fused-ring (bicyclic) bond motifs is 1. The molecule has 0 bridgehead atoms. The fourth-order valence-corrected chi connectivity index (χ4v) is 2.74. The molecule has 1 atom stereocenters. The van der Waals surface area contributed by atoms with Gasteiger partial charge >= 0.3 is 5.97 Å². The van der Waals surface area contributed by atoms with Gasteiger partial charge in [-0.3, -0.25) is 4.79 Å². The van der Waals surface area contributed by atoms with Crippen LogP contribution in [0.5, 0.6) is 11.5 Å². The first-order valence-electron chi connectivity index (χ1n) is 8.03. The van der Waals surface area contributed by atoms with Gasteiger partial charge in [-0.1, -0.05) is 41.4 Å². The first kappa shape index (κ1) is 18.0. The van der Waals surface area contributed by atoms with Crippen LogP contribution in [0.4, 0.5) is 0 Å². The zero-order valence-corrected chi connectivity index (χ0v) is 15.1. The number of hydrogen-bond donors (Lipinski definition) is 0.